The first-order chi connectivity index (χ1) is 13.9. The van der Waals surface area contributed by atoms with E-state index >= 15 is 0 Å². The average Bonchev–Trinajstić information content (AvgIpc) is 3.13. The summed E-state index contributed by atoms with van der Waals surface area (Å²) in [6.07, 6.45) is 0. The van der Waals surface area contributed by atoms with Crippen LogP contribution >= 0.6 is 11.6 Å². The smallest absolute Gasteiger partial charge is 0.255 e. The molecule has 0 aliphatic heterocycles. The zero-order valence-corrected chi connectivity index (χ0v) is 17.2. The van der Waals surface area contributed by atoms with Gasteiger partial charge in [0.1, 0.15) is 5.52 Å². The predicted octanol–water partition coefficient (Wildman–Crippen LogP) is 6.83. The van der Waals surface area contributed by atoms with Crippen LogP contribution in [0.3, 0.4) is 0 Å². The van der Waals surface area contributed by atoms with Crippen LogP contribution < -0.4 is 5.32 Å². The van der Waals surface area contributed by atoms with Gasteiger partial charge in [-0.15, -0.1) is 0 Å². The quantitative estimate of drug-likeness (QED) is 0.405. The third-order valence-corrected chi connectivity index (χ3v) is 5.31. The molecule has 1 N–H and O–H groups in total. The van der Waals surface area contributed by atoms with Crippen LogP contribution in [0, 0.1) is 6.92 Å². The lowest BCUT2D eigenvalue weighted by atomic mass is 10.0. The zero-order valence-electron chi connectivity index (χ0n) is 16.5. The molecular weight excluding hydrogens is 384 g/mol. The molecule has 4 rings (SSSR count). The van der Waals surface area contributed by atoms with Crippen molar-refractivity contribution in [2.45, 2.75) is 26.7 Å². The molecule has 5 heteroatoms. The Labute approximate surface area is 174 Å². The van der Waals surface area contributed by atoms with E-state index < -0.39 is 0 Å². The van der Waals surface area contributed by atoms with Crippen molar-refractivity contribution in [3.63, 3.8) is 0 Å². The highest BCUT2D eigenvalue weighted by Crippen LogP contribution is 2.28. The SMILES string of the molecule is Cc1ccc(C(=O)Nc2ccc3oc(-c4ccc(C(C)C)cc4)nc3c2)cc1Cl. The lowest BCUT2D eigenvalue weighted by Gasteiger charge is -2.06. The van der Waals surface area contributed by atoms with Crippen LogP contribution in [0.4, 0.5) is 5.69 Å². The maximum Gasteiger partial charge on any atom is 0.255 e. The van der Waals surface area contributed by atoms with E-state index in [0.29, 0.717) is 39.2 Å². The maximum absolute atomic E-state index is 12.5. The largest absolute Gasteiger partial charge is 0.436 e. The Morgan fingerprint density at radius 3 is 2.48 bits per heavy atom. The molecule has 146 valence electrons. The number of nitrogens with zero attached hydrogens (tertiary/aromatic N) is 1. The summed E-state index contributed by atoms with van der Waals surface area (Å²) in [5.41, 5.74) is 5.63. The lowest BCUT2D eigenvalue weighted by Crippen LogP contribution is -2.11. The van der Waals surface area contributed by atoms with Gasteiger partial charge in [0.25, 0.3) is 5.91 Å². The number of hydrogen-bond donors (Lipinski definition) is 1. The van der Waals surface area contributed by atoms with Crippen LogP contribution in [0.2, 0.25) is 5.02 Å². The Balaban J connectivity index is 1.58. The number of hydrogen-bond acceptors (Lipinski definition) is 3. The van der Waals surface area contributed by atoms with Gasteiger partial charge in [0, 0.05) is 21.8 Å². The fourth-order valence-electron chi connectivity index (χ4n) is 3.08. The van der Waals surface area contributed by atoms with Gasteiger partial charge in [-0.3, -0.25) is 4.79 Å². The zero-order chi connectivity index (χ0) is 20.5. The number of benzene rings is 3. The van der Waals surface area contributed by atoms with E-state index in [0.717, 1.165) is 11.1 Å². The highest BCUT2D eigenvalue weighted by atomic mass is 35.5. The molecule has 1 heterocycles. The Kier molecular flexibility index (Phi) is 5.12. The molecule has 0 bridgehead atoms. The third-order valence-electron chi connectivity index (χ3n) is 4.90. The van der Waals surface area contributed by atoms with Crippen molar-refractivity contribution in [3.8, 4) is 11.5 Å². The Bertz CT molecular complexity index is 1190. The Hall–Kier alpha value is -3.11. The van der Waals surface area contributed by atoms with Crippen molar-refractivity contribution in [1.82, 2.24) is 4.98 Å². The number of halogens is 1. The van der Waals surface area contributed by atoms with Crippen molar-refractivity contribution in [2.24, 2.45) is 0 Å². The minimum Gasteiger partial charge on any atom is -0.436 e. The van der Waals surface area contributed by atoms with Gasteiger partial charge in [-0.1, -0.05) is 43.6 Å². The van der Waals surface area contributed by atoms with Crippen molar-refractivity contribution >= 4 is 34.3 Å². The molecule has 0 unspecified atom stereocenters. The van der Waals surface area contributed by atoms with Crippen LogP contribution in [0.1, 0.15) is 41.3 Å². The monoisotopic (exact) mass is 404 g/mol. The van der Waals surface area contributed by atoms with Crippen molar-refractivity contribution in [1.29, 1.82) is 0 Å². The highest BCUT2D eigenvalue weighted by molar-refractivity contribution is 6.31. The molecule has 4 nitrogen and oxygen atoms in total. The number of nitrogens with one attached hydrogen (secondary N) is 1. The summed E-state index contributed by atoms with van der Waals surface area (Å²) in [4.78, 5) is 17.1. The molecule has 0 radical (unpaired) electrons. The number of rotatable bonds is 4. The molecule has 0 saturated heterocycles. The van der Waals surface area contributed by atoms with Crippen LogP contribution in [0.5, 0.6) is 0 Å². The van der Waals surface area contributed by atoms with E-state index in [4.69, 9.17) is 16.0 Å². The van der Waals surface area contributed by atoms with Crippen LogP contribution in [0.25, 0.3) is 22.6 Å². The Morgan fingerprint density at radius 2 is 1.79 bits per heavy atom. The summed E-state index contributed by atoms with van der Waals surface area (Å²) in [6, 6.07) is 18.9. The van der Waals surface area contributed by atoms with Gasteiger partial charge in [0.05, 0.1) is 0 Å². The molecule has 3 aromatic carbocycles. The molecule has 29 heavy (non-hydrogen) atoms. The van der Waals surface area contributed by atoms with Crippen LogP contribution in [-0.4, -0.2) is 10.9 Å². The van der Waals surface area contributed by atoms with E-state index in [1.54, 1.807) is 24.3 Å². The second kappa shape index (κ2) is 7.72. The van der Waals surface area contributed by atoms with Crippen molar-refractivity contribution in [3.05, 3.63) is 82.4 Å². The molecule has 4 aromatic rings. The molecule has 1 aromatic heterocycles. The summed E-state index contributed by atoms with van der Waals surface area (Å²) >= 11 is 6.12. The number of fused-ring (bicyclic) bond motifs is 1. The average molecular weight is 405 g/mol. The lowest BCUT2D eigenvalue weighted by molar-refractivity contribution is 0.102. The number of carbonyl (C=O) groups is 1. The maximum atomic E-state index is 12.5. The molecule has 0 fully saturated rings. The van der Waals surface area contributed by atoms with Gasteiger partial charge >= 0.3 is 0 Å². The van der Waals surface area contributed by atoms with Gasteiger partial charge in [-0.2, -0.15) is 0 Å². The summed E-state index contributed by atoms with van der Waals surface area (Å²) in [6.45, 7) is 6.22. The molecular formula is C24H21ClN2O2. The van der Waals surface area contributed by atoms with E-state index in [9.17, 15) is 4.79 Å². The van der Waals surface area contributed by atoms with Gasteiger partial charge in [-0.05, 0) is 66.4 Å². The van der Waals surface area contributed by atoms with E-state index in [-0.39, 0.29) is 5.91 Å². The standard InChI is InChI=1S/C24H21ClN2O2/c1-14(2)16-6-8-17(9-7-16)24-27-21-13-19(10-11-22(21)29-24)26-23(28)18-5-4-15(3)20(25)12-18/h4-14H,1-3H3,(H,26,28). The fourth-order valence-corrected chi connectivity index (χ4v) is 3.26. The predicted molar refractivity (Wildman–Crippen MR) is 118 cm³/mol. The van der Waals surface area contributed by atoms with Gasteiger partial charge < -0.3 is 9.73 Å². The summed E-state index contributed by atoms with van der Waals surface area (Å²) < 4.78 is 5.89. The summed E-state index contributed by atoms with van der Waals surface area (Å²) in [5, 5.41) is 3.45. The highest BCUT2D eigenvalue weighted by Gasteiger charge is 2.12. The van der Waals surface area contributed by atoms with Gasteiger partial charge in [-0.25, -0.2) is 4.98 Å². The number of amides is 1. The normalized spacial score (nSPS) is 11.2. The molecule has 0 aliphatic carbocycles. The minimum atomic E-state index is -0.223. The number of aryl methyl sites for hydroxylation is 1. The van der Waals surface area contributed by atoms with Crippen molar-refractivity contribution in [2.75, 3.05) is 5.32 Å². The van der Waals surface area contributed by atoms with Crippen LogP contribution in [-0.2, 0) is 0 Å². The molecule has 0 spiro atoms. The summed E-state index contributed by atoms with van der Waals surface area (Å²) in [5.74, 6) is 0.811. The number of oxazole rings is 1. The number of carbonyl (C=O) groups excluding carboxylic acids is 1. The number of anilines is 1. The molecule has 0 saturated carbocycles. The first kappa shape index (κ1) is 19.2. The molecule has 0 atom stereocenters. The Morgan fingerprint density at radius 1 is 1.03 bits per heavy atom. The van der Waals surface area contributed by atoms with E-state index in [1.165, 1.54) is 5.56 Å². The van der Waals surface area contributed by atoms with Crippen molar-refractivity contribution < 1.29 is 9.21 Å². The molecule has 1 amide bonds. The van der Waals surface area contributed by atoms with Gasteiger partial charge in [0.2, 0.25) is 5.89 Å². The topological polar surface area (TPSA) is 55.1 Å². The van der Waals surface area contributed by atoms with Gasteiger partial charge in [0.15, 0.2) is 5.58 Å². The summed E-state index contributed by atoms with van der Waals surface area (Å²) in [7, 11) is 0. The van der Waals surface area contributed by atoms with Crippen LogP contribution in [0.15, 0.2) is 65.1 Å². The number of aromatic nitrogens is 1. The fraction of sp³-hybridized carbons (Fsp3) is 0.167. The third kappa shape index (κ3) is 4.03. The second-order valence-electron chi connectivity index (χ2n) is 7.40. The first-order valence-electron chi connectivity index (χ1n) is 9.49. The first-order valence-corrected chi connectivity index (χ1v) is 9.87. The second-order valence-corrected chi connectivity index (χ2v) is 7.80. The molecule has 0 aliphatic rings. The minimum absolute atomic E-state index is 0.223. The van der Waals surface area contributed by atoms with E-state index in [1.807, 2.05) is 31.2 Å². The van der Waals surface area contributed by atoms with E-state index in [2.05, 4.69) is 36.3 Å².